The molecule has 0 saturated carbocycles. The molecule has 1 aliphatic rings. The van der Waals surface area contributed by atoms with Crippen molar-refractivity contribution in [1.29, 1.82) is 0 Å². The largest absolute Gasteiger partial charge is 0.497 e. The summed E-state index contributed by atoms with van der Waals surface area (Å²) in [5, 5.41) is 4.16. The van der Waals surface area contributed by atoms with Gasteiger partial charge < -0.3 is 19.7 Å². The fourth-order valence-corrected chi connectivity index (χ4v) is 3.33. The van der Waals surface area contributed by atoms with Gasteiger partial charge in [0.05, 0.1) is 7.11 Å². The summed E-state index contributed by atoms with van der Waals surface area (Å²) in [6, 6.07) is 5.81. The highest BCUT2D eigenvalue weighted by Crippen LogP contribution is 2.22. The van der Waals surface area contributed by atoms with Gasteiger partial charge in [0.1, 0.15) is 5.75 Å². The van der Waals surface area contributed by atoms with Gasteiger partial charge in [-0.3, -0.25) is 4.99 Å². The summed E-state index contributed by atoms with van der Waals surface area (Å²) >= 11 is 6.30. The van der Waals surface area contributed by atoms with Crippen molar-refractivity contribution >= 4 is 41.5 Å². The molecule has 0 aromatic heterocycles. The second-order valence-corrected chi connectivity index (χ2v) is 6.85. The summed E-state index contributed by atoms with van der Waals surface area (Å²) in [5.74, 6) is 2.48. The molecule has 1 fully saturated rings. The van der Waals surface area contributed by atoms with E-state index in [1.807, 2.05) is 25.2 Å². The molecule has 5 nitrogen and oxygen atoms in total. The van der Waals surface area contributed by atoms with Crippen LogP contribution >= 0.6 is 35.6 Å². The van der Waals surface area contributed by atoms with E-state index >= 15 is 0 Å². The summed E-state index contributed by atoms with van der Waals surface area (Å²) in [6.07, 6.45) is 4.38. The van der Waals surface area contributed by atoms with E-state index < -0.39 is 0 Å². The molecule has 148 valence electrons. The molecule has 0 amide bonds. The third-order valence-electron chi connectivity index (χ3n) is 4.72. The molecule has 0 bridgehead atoms. The standard InChI is InChI=1S/C19H30ClN3O2.HI/c1-21-19(23(2)11-7-15-8-12-25-13-9-15)22-10-6-16-4-5-17(24-3)14-18(16)20;/h4-5,14-15H,6-13H2,1-3H3,(H,21,22);1H. The normalized spacial score (nSPS) is 15.3. The minimum absolute atomic E-state index is 0. The van der Waals surface area contributed by atoms with Crippen molar-refractivity contribution < 1.29 is 9.47 Å². The Morgan fingerprint density at radius 2 is 2.12 bits per heavy atom. The zero-order valence-corrected chi connectivity index (χ0v) is 19.0. The van der Waals surface area contributed by atoms with Gasteiger partial charge in [-0.15, -0.1) is 24.0 Å². The molecule has 1 saturated heterocycles. The van der Waals surface area contributed by atoms with Gasteiger partial charge in [0, 0.05) is 45.4 Å². The van der Waals surface area contributed by atoms with Gasteiger partial charge in [-0.2, -0.15) is 0 Å². The van der Waals surface area contributed by atoms with E-state index in [9.17, 15) is 0 Å². The van der Waals surface area contributed by atoms with Crippen molar-refractivity contribution in [2.75, 3.05) is 47.5 Å². The first kappa shape index (κ1) is 23.3. The lowest BCUT2D eigenvalue weighted by Gasteiger charge is -2.26. The lowest BCUT2D eigenvalue weighted by molar-refractivity contribution is 0.0625. The number of methoxy groups -OCH3 is 1. The molecule has 1 N–H and O–H groups in total. The number of hydrogen-bond donors (Lipinski definition) is 1. The monoisotopic (exact) mass is 495 g/mol. The number of nitrogens with one attached hydrogen (secondary N) is 1. The Kier molecular flexibility index (Phi) is 11.3. The second kappa shape index (κ2) is 12.6. The minimum Gasteiger partial charge on any atom is -0.497 e. The summed E-state index contributed by atoms with van der Waals surface area (Å²) in [7, 11) is 5.57. The predicted molar refractivity (Wildman–Crippen MR) is 119 cm³/mol. The van der Waals surface area contributed by atoms with Gasteiger partial charge in [-0.25, -0.2) is 0 Å². The average Bonchev–Trinajstić information content (AvgIpc) is 2.65. The van der Waals surface area contributed by atoms with E-state index in [1.54, 1.807) is 7.11 Å². The van der Waals surface area contributed by atoms with Crippen molar-refractivity contribution in [2.45, 2.75) is 25.7 Å². The number of nitrogens with zero attached hydrogens (tertiary/aromatic N) is 2. The second-order valence-electron chi connectivity index (χ2n) is 6.45. The minimum atomic E-state index is 0. The first-order valence-electron chi connectivity index (χ1n) is 8.96. The Morgan fingerprint density at radius 3 is 2.73 bits per heavy atom. The van der Waals surface area contributed by atoms with E-state index in [4.69, 9.17) is 21.1 Å². The number of guanidine groups is 1. The van der Waals surface area contributed by atoms with Crippen LogP contribution in [-0.4, -0.2) is 58.4 Å². The van der Waals surface area contributed by atoms with Crippen molar-refractivity contribution in [3.8, 4) is 5.75 Å². The molecule has 1 aromatic rings. The Balaban J connectivity index is 0.00000338. The van der Waals surface area contributed by atoms with Gasteiger partial charge in [0.2, 0.25) is 0 Å². The Hall–Kier alpha value is -0.730. The first-order valence-corrected chi connectivity index (χ1v) is 9.33. The lowest BCUT2D eigenvalue weighted by atomic mass is 9.96. The van der Waals surface area contributed by atoms with E-state index in [0.717, 1.165) is 60.9 Å². The van der Waals surface area contributed by atoms with E-state index in [2.05, 4.69) is 22.3 Å². The molecule has 7 heteroatoms. The molecule has 1 heterocycles. The highest BCUT2D eigenvalue weighted by molar-refractivity contribution is 14.0. The van der Waals surface area contributed by atoms with Crippen molar-refractivity contribution in [2.24, 2.45) is 10.9 Å². The van der Waals surface area contributed by atoms with Crippen LogP contribution in [0.4, 0.5) is 0 Å². The summed E-state index contributed by atoms with van der Waals surface area (Å²) in [4.78, 5) is 6.59. The zero-order valence-electron chi connectivity index (χ0n) is 16.0. The molecule has 0 unspecified atom stereocenters. The number of rotatable bonds is 7. The Labute approximate surface area is 179 Å². The van der Waals surface area contributed by atoms with E-state index in [1.165, 1.54) is 19.3 Å². The van der Waals surface area contributed by atoms with Crippen LogP contribution in [0.2, 0.25) is 5.02 Å². The quantitative estimate of drug-likeness (QED) is 0.355. The molecular formula is C19H31ClIN3O2. The molecular weight excluding hydrogens is 465 g/mol. The number of ether oxygens (including phenoxy) is 2. The number of benzene rings is 1. The number of aliphatic imine (C=N–C) groups is 1. The molecule has 0 atom stereocenters. The molecule has 1 aliphatic heterocycles. The molecule has 0 spiro atoms. The van der Waals surface area contributed by atoms with Crippen LogP contribution in [0, 0.1) is 5.92 Å². The third kappa shape index (κ3) is 7.48. The van der Waals surface area contributed by atoms with Gasteiger partial charge in [0.15, 0.2) is 5.96 Å². The van der Waals surface area contributed by atoms with Gasteiger partial charge in [-0.1, -0.05) is 17.7 Å². The van der Waals surface area contributed by atoms with Crippen LogP contribution in [0.1, 0.15) is 24.8 Å². The average molecular weight is 496 g/mol. The topological polar surface area (TPSA) is 46.1 Å². The Morgan fingerprint density at radius 1 is 1.38 bits per heavy atom. The predicted octanol–water partition coefficient (Wildman–Crippen LogP) is 3.83. The molecule has 2 rings (SSSR count). The lowest BCUT2D eigenvalue weighted by Crippen LogP contribution is -2.40. The first-order chi connectivity index (χ1) is 12.1. The summed E-state index contributed by atoms with van der Waals surface area (Å²) in [6.45, 7) is 3.61. The number of halogens is 2. The summed E-state index contributed by atoms with van der Waals surface area (Å²) < 4.78 is 10.6. The van der Waals surface area contributed by atoms with Crippen molar-refractivity contribution in [3.63, 3.8) is 0 Å². The number of hydrogen-bond acceptors (Lipinski definition) is 3. The molecule has 1 aromatic carbocycles. The van der Waals surface area contributed by atoms with Crippen LogP contribution in [0.5, 0.6) is 5.75 Å². The van der Waals surface area contributed by atoms with Gasteiger partial charge in [0.25, 0.3) is 0 Å². The van der Waals surface area contributed by atoms with Crippen LogP contribution < -0.4 is 10.1 Å². The van der Waals surface area contributed by atoms with E-state index in [-0.39, 0.29) is 24.0 Å². The molecule has 0 aliphatic carbocycles. The summed E-state index contributed by atoms with van der Waals surface area (Å²) in [5.41, 5.74) is 1.11. The fourth-order valence-electron chi connectivity index (χ4n) is 3.07. The van der Waals surface area contributed by atoms with Crippen LogP contribution in [0.25, 0.3) is 0 Å². The molecule has 0 radical (unpaired) electrons. The highest BCUT2D eigenvalue weighted by Gasteiger charge is 2.15. The van der Waals surface area contributed by atoms with Crippen LogP contribution in [0.15, 0.2) is 23.2 Å². The van der Waals surface area contributed by atoms with Crippen molar-refractivity contribution in [1.82, 2.24) is 10.2 Å². The SMILES string of the molecule is CN=C(NCCc1ccc(OC)cc1Cl)N(C)CCC1CCOCC1.I. The Bertz CT molecular complexity index is 566. The van der Waals surface area contributed by atoms with Crippen molar-refractivity contribution in [3.05, 3.63) is 28.8 Å². The van der Waals surface area contributed by atoms with Crippen LogP contribution in [0.3, 0.4) is 0 Å². The van der Waals surface area contributed by atoms with Crippen LogP contribution in [-0.2, 0) is 11.2 Å². The van der Waals surface area contributed by atoms with E-state index in [0.29, 0.717) is 0 Å². The van der Waals surface area contributed by atoms with Gasteiger partial charge in [-0.05, 0) is 49.3 Å². The third-order valence-corrected chi connectivity index (χ3v) is 5.08. The maximum Gasteiger partial charge on any atom is 0.193 e. The fraction of sp³-hybridized carbons (Fsp3) is 0.632. The maximum absolute atomic E-state index is 6.30. The van der Waals surface area contributed by atoms with Gasteiger partial charge >= 0.3 is 0 Å². The zero-order chi connectivity index (χ0) is 18.1. The highest BCUT2D eigenvalue weighted by atomic mass is 127. The smallest absolute Gasteiger partial charge is 0.193 e. The maximum atomic E-state index is 6.30. The molecule has 26 heavy (non-hydrogen) atoms.